The van der Waals surface area contributed by atoms with E-state index in [1.54, 1.807) is 48.5 Å². The number of imide groups is 1. The number of amides is 2. The number of hydrogen-bond acceptors (Lipinski definition) is 6. The summed E-state index contributed by atoms with van der Waals surface area (Å²) in [5.41, 5.74) is 2.08. The first-order valence-corrected chi connectivity index (χ1v) is 12.4. The van der Waals surface area contributed by atoms with E-state index in [4.69, 9.17) is 26.2 Å². The lowest BCUT2D eigenvalue weighted by Gasteiger charge is -2.14. The molecule has 178 valence electrons. The van der Waals surface area contributed by atoms with Gasteiger partial charge in [0, 0.05) is 5.02 Å². The van der Waals surface area contributed by atoms with Gasteiger partial charge in [0.15, 0.2) is 11.5 Å². The summed E-state index contributed by atoms with van der Waals surface area (Å²) >= 11 is 8.97. The topological polar surface area (TPSA) is 93.1 Å². The fraction of sp³-hybridized carbons (Fsp3) is 0.0800. The van der Waals surface area contributed by atoms with E-state index in [2.05, 4.69) is 22.6 Å². The fourth-order valence-electron chi connectivity index (χ4n) is 3.32. The molecule has 0 aliphatic carbocycles. The second-order valence-electron chi connectivity index (χ2n) is 7.32. The van der Waals surface area contributed by atoms with E-state index >= 15 is 0 Å². The van der Waals surface area contributed by atoms with Gasteiger partial charge in [-0.15, -0.1) is 0 Å². The Morgan fingerprint density at radius 3 is 2.54 bits per heavy atom. The number of methoxy groups -OCH3 is 1. The van der Waals surface area contributed by atoms with E-state index in [0.717, 1.165) is 25.8 Å². The number of hydrogen-bond donors (Lipinski definition) is 1. The summed E-state index contributed by atoms with van der Waals surface area (Å²) in [6, 6.07) is 16.5. The number of carbonyl (C=O) groups is 3. The van der Waals surface area contributed by atoms with Crippen molar-refractivity contribution in [2.45, 2.75) is 6.61 Å². The molecule has 0 saturated carbocycles. The van der Waals surface area contributed by atoms with Crippen LogP contribution in [0.3, 0.4) is 0 Å². The molecule has 1 heterocycles. The predicted octanol–water partition coefficient (Wildman–Crippen LogP) is 6.47. The van der Waals surface area contributed by atoms with Crippen molar-refractivity contribution in [2.24, 2.45) is 0 Å². The number of carboxylic acid groups (broad SMARTS) is 1. The first-order chi connectivity index (χ1) is 16.8. The van der Waals surface area contributed by atoms with E-state index in [1.165, 1.54) is 19.2 Å². The van der Waals surface area contributed by atoms with Crippen LogP contribution in [0, 0.1) is 3.57 Å². The quantitative estimate of drug-likeness (QED) is 0.239. The average molecular weight is 622 g/mol. The molecule has 0 unspecified atom stereocenters. The summed E-state index contributed by atoms with van der Waals surface area (Å²) in [6.07, 6.45) is 1.63. The van der Waals surface area contributed by atoms with E-state index in [1.807, 2.05) is 6.07 Å². The Hall–Kier alpha value is -3.02. The van der Waals surface area contributed by atoms with Gasteiger partial charge in [0.1, 0.15) is 6.61 Å². The third-order valence-electron chi connectivity index (χ3n) is 4.99. The molecule has 1 aliphatic rings. The standard InChI is InChI=1S/C25H17ClINO6S/c1-33-20-10-15(9-19(27)22(20)34-13-14-5-7-16(8-6-14)24(30)31)11-21-23(29)28(25(32)35-21)18-4-2-3-17(26)12-18/h2-12H,13H2,1H3,(H,30,31)/b21-11+. The van der Waals surface area contributed by atoms with Gasteiger partial charge in [-0.3, -0.25) is 9.59 Å². The molecule has 3 aromatic carbocycles. The van der Waals surface area contributed by atoms with Gasteiger partial charge in [-0.05, 0) is 94.0 Å². The zero-order valence-corrected chi connectivity index (χ0v) is 21.9. The Morgan fingerprint density at radius 1 is 1.14 bits per heavy atom. The van der Waals surface area contributed by atoms with E-state index < -0.39 is 17.1 Å². The predicted molar refractivity (Wildman–Crippen MR) is 143 cm³/mol. The monoisotopic (exact) mass is 621 g/mol. The minimum Gasteiger partial charge on any atom is -0.493 e. The van der Waals surface area contributed by atoms with Crippen LogP contribution in [0.4, 0.5) is 10.5 Å². The second-order valence-corrected chi connectivity index (χ2v) is 9.91. The smallest absolute Gasteiger partial charge is 0.335 e. The first-order valence-electron chi connectivity index (χ1n) is 10.1. The molecule has 35 heavy (non-hydrogen) atoms. The maximum absolute atomic E-state index is 12.9. The number of thioether (sulfide) groups is 1. The number of rotatable bonds is 7. The largest absolute Gasteiger partial charge is 0.493 e. The Kier molecular flexibility index (Phi) is 7.68. The van der Waals surface area contributed by atoms with Crippen LogP contribution in [0.2, 0.25) is 5.02 Å². The maximum atomic E-state index is 12.9. The van der Waals surface area contributed by atoms with Crippen molar-refractivity contribution in [3.8, 4) is 11.5 Å². The van der Waals surface area contributed by atoms with Gasteiger partial charge >= 0.3 is 5.97 Å². The molecule has 10 heteroatoms. The molecule has 4 rings (SSSR count). The highest BCUT2D eigenvalue weighted by Gasteiger charge is 2.36. The lowest BCUT2D eigenvalue weighted by molar-refractivity contribution is -0.113. The second kappa shape index (κ2) is 10.7. The molecule has 7 nitrogen and oxygen atoms in total. The fourth-order valence-corrected chi connectivity index (χ4v) is 5.13. The number of ether oxygens (including phenoxy) is 2. The van der Waals surface area contributed by atoms with Crippen molar-refractivity contribution in [3.05, 3.63) is 90.9 Å². The lowest BCUT2D eigenvalue weighted by atomic mass is 10.1. The van der Waals surface area contributed by atoms with Crippen LogP contribution in [0.5, 0.6) is 11.5 Å². The number of anilines is 1. The van der Waals surface area contributed by atoms with Crippen LogP contribution in [0.1, 0.15) is 21.5 Å². The number of halogens is 2. The van der Waals surface area contributed by atoms with Crippen LogP contribution in [-0.2, 0) is 11.4 Å². The number of carboxylic acids is 1. The van der Waals surface area contributed by atoms with Gasteiger partial charge in [-0.25, -0.2) is 9.69 Å². The molecule has 1 N–H and O–H groups in total. The molecule has 1 saturated heterocycles. The lowest BCUT2D eigenvalue weighted by Crippen LogP contribution is -2.27. The van der Waals surface area contributed by atoms with E-state index in [9.17, 15) is 14.4 Å². The van der Waals surface area contributed by atoms with E-state index in [-0.39, 0.29) is 17.1 Å². The molecule has 3 aromatic rings. The normalized spacial score (nSPS) is 14.5. The highest BCUT2D eigenvalue weighted by Crippen LogP contribution is 2.39. The number of carbonyl (C=O) groups excluding carboxylic acids is 2. The molecule has 2 amide bonds. The minimum atomic E-state index is -0.991. The molecular formula is C25H17ClINO6S. The van der Waals surface area contributed by atoms with Crippen LogP contribution in [0.15, 0.2) is 65.6 Å². The summed E-state index contributed by atoms with van der Waals surface area (Å²) in [5.74, 6) is -0.449. The van der Waals surface area contributed by atoms with Gasteiger partial charge in [0.05, 0.1) is 26.8 Å². The molecule has 0 atom stereocenters. The van der Waals surface area contributed by atoms with Crippen molar-refractivity contribution in [1.29, 1.82) is 0 Å². The summed E-state index contributed by atoms with van der Waals surface area (Å²) < 4.78 is 12.2. The first kappa shape index (κ1) is 25.1. The molecule has 1 fully saturated rings. The van der Waals surface area contributed by atoms with Crippen molar-refractivity contribution in [2.75, 3.05) is 12.0 Å². The Labute approximate surface area is 223 Å². The van der Waals surface area contributed by atoms with Gasteiger partial charge < -0.3 is 14.6 Å². The van der Waals surface area contributed by atoms with Crippen molar-refractivity contribution in [1.82, 2.24) is 0 Å². The SMILES string of the molecule is COc1cc(/C=C2/SC(=O)N(c3cccc(Cl)c3)C2=O)cc(I)c1OCc1ccc(C(=O)O)cc1. The minimum absolute atomic E-state index is 0.199. The van der Waals surface area contributed by atoms with Gasteiger partial charge in [0.2, 0.25) is 0 Å². The van der Waals surface area contributed by atoms with Crippen molar-refractivity contribution >= 4 is 74.8 Å². The van der Waals surface area contributed by atoms with Gasteiger partial charge in [-0.1, -0.05) is 29.8 Å². The van der Waals surface area contributed by atoms with Gasteiger partial charge in [-0.2, -0.15) is 0 Å². The molecule has 1 aliphatic heterocycles. The van der Waals surface area contributed by atoms with Crippen LogP contribution >= 0.6 is 46.0 Å². The number of benzene rings is 3. The molecule has 0 spiro atoms. The Morgan fingerprint density at radius 2 is 1.89 bits per heavy atom. The summed E-state index contributed by atoms with van der Waals surface area (Å²) in [4.78, 5) is 37.9. The third-order valence-corrected chi connectivity index (χ3v) is 6.90. The molecule has 0 radical (unpaired) electrons. The van der Waals surface area contributed by atoms with Crippen LogP contribution in [0.25, 0.3) is 6.08 Å². The van der Waals surface area contributed by atoms with Crippen LogP contribution in [-0.4, -0.2) is 29.3 Å². The maximum Gasteiger partial charge on any atom is 0.335 e. The molecule has 0 aromatic heterocycles. The average Bonchev–Trinajstić information content (AvgIpc) is 3.10. The zero-order chi connectivity index (χ0) is 25.1. The Balaban J connectivity index is 1.55. The zero-order valence-electron chi connectivity index (χ0n) is 18.2. The summed E-state index contributed by atoms with van der Waals surface area (Å²) in [6.45, 7) is 0.212. The van der Waals surface area contributed by atoms with Crippen molar-refractivity contribution in [3.63, 3.8) is 0 Å². The van der Waals surface area contributed by atoms with Crippen LogP contribution < -0.4 is 14.4 Å². The third kappa shape index (κ3) is 5.63. The number of nitrogens with zero attached hydrogens (tertiary/aromatic N) is 1. The highest BCUT2D eigenvalue weighted by molar-refractivity contribution is 14.1. The molecular weight excluding hydrogens is 605 g/mol. The molecule has 0 bridgehead atoms. The number of aromatic carboxylic acids is 1. The van der Waals surface area contributed by atoms with Gasteiger partial charge in [0.25, 0.3) is 11.1 Å². The van der Waals surface area contributed by atoms with E-state index in [0.29, 0.717) is 27.8 Å². The Bertz CT molecular complexity index is 1360. The highest BCUT2D eigenvalue weighted by atomic mass is 127. The van der Waals surface area contributed by atoms with Crippen molar-refractivity contribution < 1.29 is 29.0 Å². The summed E-state index contributed by atoms with van der Waals surface area (Å²) in [7, 11) is 1.51. The summed E-state index contributed by atoms with van der Waals surface area (Å²) in [5, 5.41) is 9.05.